The molecule has 0 fully saturated rings. The second-order valence-corrected chi connectivity index (χ2v) is 3.03. The zero-order valence-corrected chi connectivity index (χ0v) is 8.40. The predicted octanol–water partition coefficient (Wildman–Crippen LogP) is 1.99. The number of hydrogen-bond donors (Lipinski definition) is 1. The Morgan fingerprint density at radius 1 is 1.53 bits per heavy atom. The Balaban J connectivity index is 3.03. The normalized spacial score (nSPS) is 9.67. The van der Waals surface area contributed by atoms with Crippen molar-refractivity contribution in [3.05, 3.63) is 29.3 Å². The molecular weight excluding hydrogens is 196 g/mol. The summed E-state index contributed by atoms with van der Waals surface area (Å²) < 4.78 is 5.25. The quantitative estimate of drug-likeness (QED) is 0.751. The molecule has 0 heterocycles. The van der Waals surface area contributed by atoms with Crippen LogP contribution in [0.4, 0.5) is 0 Å². The van der Waals surface area contributed by atoms with Crippen molar-refractivity contribution in [3.63, 3.8) is 0 Å². The molecule has 0 bridgehead atoms. The third kappa shape index (κ3) is 2.80. The number of carboxylic acid groups (broad SMARTS) is 1. The molecule has 0 spiro atoms. The molecule has 0 atom stereocenters. The first-order valence-corrected chi connectivity index (χ1v) is 4.64. The fourth-order valence-electron chi connectivity index (χ4n) is 1.13. The summed E-state index contributed by atoms with van der Waals surface area (Å²) in [5, 5.41) is 8.89. The van der Waals surface area contributed by atoms with Gasteiger partial charge in [0, 0.05) is 5.56 Å². The van der Waals surface area contributed by atoms with Gasteiger partial charge in [0.05, 0.1) is 6.61 Å². The van der Waals surface area contributed by atoms with Gasteiger partial charge in [-0.15, -0.1) is 0 Å². The van der Waals surface area contributed by atoms with Crippen LogP contribution < -0.4 is 4.74 Å². The first-order chi connectivity index (χ1) is 7.19. The highest BCUT2D eigenvalue weighted by molar-refractivity contribution is 5.93. The van der Waals surface area contributed by atoms with E-state index in [1.807, 2.05) is 6.92 Å². The van der Waals surface area contributed by atoms with E-state index in [0.717, 1.165) is 6.42 Å². The van der Waals surface area contributed by atoms with Gasteiger partial charge in [0.15, 0.2) is 0 Å². The Morgan fingerprint density at radius 3 is 2.80 bits per heavy atom. The van der Waals surface area contributed by atoms with Gasteiger partial charge in [0.2, 0.25) is 0 Å². The van der Waals surface area contributed by atoms with Crippen molar-refractivity contribution in [2.75, 3.05) is 6.61 Å². The lowest BCUT2D eigenvalue weighted by molar-refractivity contribution is 0.0692. The fraction of sp³-hybridized carbons (Fsp3) is 0.273. The second kappa shape index (κ2) is 5.14. The molecule has 0 saturated heterocycles. The molecule has 1 aromatic carbocycles. The Morgan fingerprint density at radius 2 is 2.27 bits per heavy atom. The largest absolute Gasteiger partial charge is 0.493 e. The van der Waals surface area contributed by atoms with Crippen LogP contribution in [0.5, 0.6) is 5.75 Å². The molecule has 0 unspecified atom stereocenters. The van der Waals surface area contributed by atoms with Crippen molar-refractivity contribution in [1.82, 2.24) is 0 Å². The maximum Gasteiger partial charge on any atom is 0.339 e. The molecule has 0 amide bonds. The Labute approximate surface area is 87.5 Å². The molecule has 1 aromatic rings. The highest BCUT2D eigenvalue weighted by Gasteiger charge is 2.11. The van der Waals surface area contributed by atoms with E-state index in [-0.39, 0.29) is 5.56 Å². The second-order valence-electron chi connectivity index (χ2n) is 3.03. The molecule has 0 aliphatic rings. The van der Waals surface area contributed by atoms with Crippen LogP contribution >= 0.6 is 0 Å². The molecule has 0 radical (unpaired) electrons. The zero-order chi connectivity index (χ0) is 11.3. The Bertz CT molecular complexity index is 371. The Hall–Kier alpha value is -1.84. The number of hydrogen-bond acceptors (Lipinski definition) is 3. The van der Waals surface area contributed by atoms with Crippen LogP contribution in [0.2, 0.25) is 0 Å². The van der Waals surface area contributed by atoms with Gasteiger partial charge in [-0.25, -0.2) is 4.79 Å². The van der Waals surface area contributed by atoms with Gasteiger partial charge in [0.25, 0.3) is 0 Å². The van der Waals surface area contributed by atoms with Gasteiger partial charge in [-0.05, 0) is 24.6 Å². The van der Waals surface area contributed by atoms with E-state index in [4.69, 9.17) is 9.84 Å². The molecule has 4 heteroatoms. The number of aldehydes is 1. The summed E-state index contributed by atoms with van der Waals surface area (Å²) >= 11 is 0. The molecule has 0 aromatic heterocycles. The van der Waals surface area contributed by atoms with Gasteiger partial charge in [0.1, 0.15) is 17.6 Å². The molecule has 0 aliphatic heterocycles. The molecule has 0 saturated carbocycles. The summed E-state index contributed by atoms with van der Waals surface area (Å²) in [6.45, 7) is 2.39. The molecule has 1 N–H and O–H groups in total. The summed E-state index contributed by atoms with van der Waals surface area (Å²) in [4.78, 5) is 21.3. The van der Waals surface area contributed by atoms with Crippen LogP contribution in [0.3, 0.4) is 0 Å². The minimum Gasteiger partial charge on any atom is -0.493 e. The van der Waals surface area contributed by atoms with E-state index in [1.54, 1.807) is 0 Å². The number of rotatable bonds is 5. The van der Waals surface area contributed by atoms with Crippen molar-refractivity contribution < 1.29 is 19.4 Å². The molecule has 0 aliphatic carbocycles. The number of carboxylic acids is 1. The van der Waals surface area contributed by atoms with Crippen LogP contribution in [0, 0.1) is 0 Å². The average molecular weight is 208 g/mol. The van der Waals surface area contributed by atoms with Crippen LogP contribution in [0.15, 0.2) is 18.2 Å². The third-order valence-electron chi connectivity index (χ3n) is 1.83. The van der Waals surface area contributed by atoms with Gasteiger partial charge < -0.3 is 9.84 Å². The van der Waals surface area contributed by atoms with Crippen molar-refractivity contribution in [2.45, 2.75) is 13.3 Å². The average Bonchev–Trinajstić information content (AvgIpc) is 2.26. The zero-order valence-electron chi connectivity index (χ0n) is 8.40. The van der Waals surface area contributed by atoms with E-state index in [1.165, 1.54) is 18.2 Å². The predicted molar refractivity (Wildman–Crippen MR) is 54.6 cm³/mol. The highest BCUT2D eigenvalue weighted by Crippen LogP contribution is 2.19. The van der Waals surface area contributed by atoms with E-state index in [2.05, 4.69) is 0 Å². The number of benzene rings is 1. The molecule has 1 rings (SSSR count). The minimum atomic E-state index is -1.09. The first kappa shape index (κ1) is 11.2. The summed E-state index contributed by atoms with van der Waals surface area (Å²) in [6.07, 6.45) is 1.41. The van der Waals surface area contributed by atoms with Gasteiger partial charge in [-0.3, -0.25) is 4.79 Å². The minimum absolute atomic E-state index is 0.0213. The monoisotopic (exact) mass is 208 g/mol. The summed E-state index contributed by atoms with van der Waals surface area (Å²) in [5.41, 5.74) is 0.351. The van der Waals surface area contributed by atoms with Crippen LogP contribution in [-0.4, -0.2) is 24.0 Å². The maximum absolute atomic E-state index is 10.9. The number of carbonyl (C=O) groups is 2. The number of aromatic carboxylic acids is 1. The van der Waals surface area contributed by atoms with Crippen LogP contribution in [0.25, 0.3) is 0 Å². The van der Waals surface area contributed by atoms with E-state index in [9.17, 15) is 9.59 Å². The lowest BCUT2D eigenvalue weighted by Gasteiger charge is -2.08. The fourth-order valence-corrected chi connectivity index (χ4v) is 1.13. The van der Waals surface area contributed by atoms with E-state index in [0.29, 0.717) is 24.2 Å². The third-order valence-corrected chi connectivity index (χ3v) is 1.83. The van der Waals surface area contributed by atoms with E-state index >= 15 is 0 Å². The highest BCUT2D eigenvalue weighted by atomic mass is 16.5. The van der Waals surface area contributed by atoms with Crippen LogP contribution in [0.1, 0.15) is 34.1 Å². The Kier molecular flexibility index (Phi) is 3.85. The van der Waals surface area contributed by atoms with Crippen LogP contribution in [-0.2, 0) is 0 Å². The summed E-state index contributed by atoms with van der Waals surface area (Å²) in [6, 6.07) is 4.34. The molecule has 15 heavy (non-hydrogen) atoms. The molecule has 80 valence electrons. The maximum atomic E-state index is 10.9. The smallest absolute Gasteiger partial charge is 0.339 e. The van der Waals surface area contributed by atoms with Gasteiger partial charge >= 0.3 is 5.97 Å². The number of carbonyl (C=O) groups excluding carboxylic acids is 1. The number of ether oxygens (including phenoxy) is 1. The summed E-state index contributed by atoms with van der Waals surface area (Å²) in [5.74, 6) is -0.792. The topological polar surface area (TPSA) is 63.6 Å². The van der Waals surface area contributed by atoms with Crippen molar-refractivity contribution in [2.24, 2.45) is 0 Å². The van der Waals surface area contributed by atoms with Crippen molar-refractivity contribution in [3.8, 4) is 5.75 Å². The first-order valence-electron chi connectivity index (χ1n) is 4.64. The van der Waals surface area contributed by atoms with E-state index < -0.39 is 5.97 Å². The lowest BCUT2D eigenvalue weighted by Crippen LogP contribution is -2.04. The lowest BCUT2D eigenvalue weighted by atomic mass is 10.1. The van der Waals surface area contributed by atoms with Crippen molar-refractivity contribution in [1.29, 1.82) is 0 Å². The van der Waals surface area contributed by atoms with Gasteiger partial charge in [-0.1, -0.05) is 6.92 Å². The standard InChI is InChI=1S/C11H12O4/c1-2-5-15-10-4-3-8(7-12)6-9(10)11(13)14/h3-4,6-7H,2,5H2,1H3,(H,13,14). The molecule has 4 nitrogen and oxygen atoms in total. The summed E-state index contributed by atoms with van der Waals surface area (Å²) in [7, 11) is 0. The molecular formula is C11H12O4. The van der Waals surface area contributed by atoms with Crippen molar-refractivity contribution >= 4 is 12.3 Å². The van der Waals surface area contributed by atoms with Gasteiger partial charge in [-0.2, -0.15) is 0 Å². The SMILES string of the molecule is CCCOc1ccc(C=O)cc1C(=O)O.